The smallest absolute Gasteiger partial charge is 0.0702 e. The summed E-state index contributed by atoms with van der Waals surface area (Å²) in [5.74, 6) is 0. The van der Waals surface area contributed by atoms with Crippen molar-refractivity contribution in [3.8, 4) is 22.4 Å². The lowest BCUT2D eigenvalue weighted by Gasteiger charge is -2.14. The minimum Gasteiger partial charge on any atom is -0.262 e. The Morgan fingerprint density at radius 3 is 2.07 bits per heavy atom. The van der Waals surface area contributed by atoms with Crippen LogP contribution in [-0.2, 0) is 0 Å². The number of allylic oxidation sites excluding steroid dienone is 5. The van der Waals surface area contributed by atoms with Crippen molar-refractivity contribution in [3.63, 3.8) is 0 Å². The van der Waals surface area contributed by atoms with Crippen LogP contribution in [-0.4, -0.2) is 9.97 Å². The van der Waals surface area contributed by atoms with Gasteiger partial charge in [-0.3, -0.25) is 9.97 Å². The maximum Gasteiger partial charge on any atom is 0.0702 e. The fraction of sp³-hybridized carbons (Fsp3) is 0.0769. The van der Waals surface area contributed by atoms with E-state index >= 15 is 0 Å². The third kappa shape index (κ3) is 5.64. The van der Waals surface area contributed by atoms with Crippen LogP contribution in [0.15, 0.2) is 146 Å². The third-order valence-corrected chi connectivity index (χ3v) is 7.55. The van der Waals surface area contributed by atoms with E-state index in [1.807, 2.05) is 19.3 Å². The van der Waals surface area contributed by atoms with Gasteiger partial charge in [0.05, 0.1) is 5.69 Å². The summed E-state index contributed by atoms with van der Waals surface area (Å²) < 4.78 is 0. The molecular formula is C39H32N2. The Morgan fingerprint density at radius 1 is 0.634 bits per heavy atom. The van der Waals surface area contributed by atoms with Crippen LogP contribution in [0.25, 0.3) is 33.5 Å². The van der Waals surface area contributed by atoms with Crippen molar-refractivity contribution < 1.29 is 0 Å². The fourth-order valence-corrected chi connectivity index (χ4v) is 5.42. The number of benzene rings is 3. The number of hydrogen-bond acceptors (Lipinski definition) is 2. The molecule has 0 N–H and O–H groups in total. The molecule has 0 spiro atoms. The fourth-order valence-electron chi connectivity index (χ4n) is 5.42. The van der Waals surface area contributed by atoms with Crippen LogP contribution >= 0.6 is 0 Å². The Balaban J connectivity index is 1.52. The predicted octanol–water partition coefficient (Wildman–Crippen LogP) is 7.90. The Morgan fingerprint density at radius 2 is 1.34 bits per heavy atom. The first-order chi connectivity index (χ1) is 20.1. The van der Waals surface area contributed by atoms with Gasteiger partial charge in [0.1, 0.15) is 0 Å². The molecule has 2 aromatic heterocycles. The molecule has 0 atom stereocenters. The van der Waals surface area contributed by atoms with E-state index in [-0.39, 0.29) is 0 Å². The number of hydrogen-bond donors (Lipinski definition) is 0. The van der Waals surface area contributed by atoms with Gasteiger partial charge >= 0.3 is 0 Å². The summed E-state index contributed by atoms with van der Waals surface area (Å²) in [6.07, 6.45) is 13.2. The van der Waals surface area contributed by atoms with E-state index in [9.17, 15) is 0 Å². The van der Waals surface area contributed by atoms with Crippen molar-refractivity contribution in [2.24, 2.45) is 0 Å². The molecule has 0 radical (unpaired) electrons. The molecule has 1 aliphatic rings. The topological polar surface area (TPSA) is 25.8 Å². The molecule has 0 fully saturated rings. The van der Waals surface area contributed by atoms with Crippen molar-refractivity contribution in [1.29, 1.82) is 0 Å². The van der Waals surface area contributed by atoms with Gasteiger partial charge in [-0.1, -0.05) is 110 Å². The van der Waals surface area contributed by atoms with Gasteiger partial charge in [0.25, 0.3) is 0 Å². The van der Waals surface area contributed by atoms with Gasteiger partial charge < -0.3 is 0 Å². The highest BCUT2D eigenvalue weighted by Gasteiger charge is 2.11. The maximum atomic E-state index is 4.62. The zero-order valence-electron chi connectivity index (χ0n) is 23.5. The van der Waals surface area contributed by atoms with E-state index in [1.54, 1.807) is 0 Å². The molecule has 2 heteroatoms. The van der Waals surface area contributed by atoms with E-state index in [4.69, 9.17) is 0 Å². The molecule has 0 aliphatic heterocycles. The summed E-state index contributed by atoms with van der Waals surface area (Å²) in [4.78, 5) is 8.96. The van der Waals surface area contributed by atoms with E-state index in [2.05, 4.69) is 145 Å². The van der Waals surface area contributed by atoms with Gasteiger partial charge in [-0.15, -0.1) is 0 Å². The zero-order chi connectivity index (χ0) is 28.2. The largest absolute Gasteiger partial charge is 0.262 e. The molecule has 6 rings (SSSR count). The first-order valence-electron chi connectivity index (χ1n) is 14.0. The van der Waals surface area contributed by atoms with Crippen LogP contribution in [0.2, 0.25) is 0 Å². The van der Waals surface area contributed by atoms with Crippen LogP contribution in [0.1, 0.15) is 28.8 Å². The normalized spacial score (nSPS) is 17.5. The average molecular weight is 529 g/mol. The van der Waals surface area contributed by atoms with Gasteiger partial charge in [-0.25, -0.2) is 0 Å². The van der Waals surface area contributed by atoms with E-state index in [1.165, 1.54) is 32.7 Å². The monoisotopic (exact) mass is 528 g/mol. The number of pyridine rings is 2. The average Bonchev–Trinajstić information content (AvgIpc) is 3.00. The molecule has 41 heavy (non-hydrogen) atoms. The molecule has 198 valence electrons. The van der Waals surface area contributed by atoms with Gasteiger partial charge in [-0.2, -0.15) is 0 Å². The lowest BCUT2D eigenvalue weighted by molar-refractivity contribution is 1.20. The van der Waals surface area contributed by atoms with Crippen molar-refractivity contribution in [2.45, 2.75) is 20.3 Å². The summed E-state index contributed by atoms with van der Waals surface area (Å²) in [6, 6.07) is 34.7. The van der Waals surface area contributed by atoms with Crippen molar-refractivity contribution in [2.75, 3.05) is 0 Å². The molecule has 0 bridgehead atoms. The number of rotatable bonds is 4. The van der Waals surface area contributed by atoms with Crippen LogP contribution in [0.4, 0.5) is 0 Å². The summed E-state index contributed by atoms with van der Waals surface area (Å²) in [7, 11) is 0. The van der Waals surface area contributed by atoms with Crippen molar-refractivity contribution in [1.82, 2.24) is 9.97 Å². The Hall–Kier alpha value is -5.08. The molecule has 3 aromatic carbocycles. The number of fused-ring (bicyclic) bond motifs is 1. The summed E-state index contributed by atoms with van der Waals surface area (Å²) in [5.41, 5.74) is 12.4. The Labute approximate surface area is 242 Å². The second-order valence-corrected chi connectivity index (χ2v) is 10.5. The number of aromatic nitrogens is 2. The Bertz CT molecular complexity index is 1900. The highest BCUT2D eigenvalue weighted by Crippen LogP contribution is 2.26. The molecule has 1 aliphatic carbocycles. The second kappa shape index (κ2) is 11.6. The highest BCUT2D eigenvalue weighted by molar-refractivity contribution is 5.83. The number of nitrogens with zero attached hydrogens (tertiary/aromatic N) is 2. The van der Waals surface area contributed by atoms with E-state index < -0.39 is 0 Å². The van der Waals surface area contributed by atoms with Crippen molar-refractivity contribution >= 4 is 11.1 Å². The Kier molecular flexibility index (Phi) is 7.38. The predicted molar refractivity (Wildman–Crippen MR) is 172 cm³/mol. The van der Waals surface area contributed by atoms with Crippen LogP contribution in [0.5, 0.6) is 0 Å². The second-order valence-electron chi connectivity index (χ2n) is 10.5. The van der Waals surface area contributed by atoms with Crippen LogP contribution in [0.3, 0.4) is 0 Å². The van der Waals surface area contributed by atoms with E-state index in [0.29, 0.717) is 0 Å². The van der Waals surface area contributed by atoms with E-state index in [0.717, 1.165) is 45.6 Å². The van der Waals surface area contributed by atoms with Gasteiger partial charge in [-0.05, 0) is 93.4 Å². The maximum absolute atomic E-state index is 4.62. The molecule has 2 heterocycles. The summed E-state index contributed by atoms with van der Waals surface area (Å²) in [5, 5.41) is 2.41. The van der Waals surface area contributed by atoms with Gasteiger partial charge in [0.15, 0.2) is 0 Å². The zero-order valence-corrected chi connectivity index (χ0v) is 23.5. The molecule has 0 amide bonds. The lowest BCUT2D eigenvalue weighted by Crippen LogP contribution is -2.30. The lowest BCUT2D eigenvalue weighted by atomic mass is 9.90. The molecule has 0 saturated heterocycles. The summed E-state index contributed by atoms with van der Waals surface area (Å²) in [6.45, 7) is 8.59. The van der Waals surface area contributed by atoms with Gasteiger partial charge in [0.2, 0.25) is 0 Å². The SMILES string of the molecule is C=C1/C=C\C=C/C/C(c2ccc(-c3ccc(C)cn3)cc2)=c2/cccc/c2=C/1c1ccc(-c2ccnc(C)c2)cc1. The highest BCUT2D eigenvalue weighted by atomic mass is 14.7. The third-order valence-electron chi connectivity index (χ3n) is 7.55. The van der Waals surface area contributed by atoms with Gasteiger partial charge in [0, 0.05) is 23.7 Å². The summed E-state index contributed by atoms with van der Waals surface area (Å²) >= 11 is 0. The first kappa shape index (κ1) is 26.2. The molecule has 0 saturated carbocycles. The molecular weight excluding hydrogens is 496 g/mol. The van der Waals surface area contributed by atoms with Crippen LogP contribution < -0.4 is 10.4 Å². The minimum absolute atomic E-state index is 0.823. The first-order valence-corrected chi connectivity index (χ1v) is 14.0. The van der Waals surface area contributed by atoms with Crippen LogP contribution in [0, 0.1) is 13.8 Å². The molecule has 2 nitrogen and oxygen atoms in total. The standard InChI is InChI=1S/C39H32N2/c1-27-13-22-38(41-26-27)32-18-16-31(17-19-32)35-10-6-4-5-9-28(2)39(37-12-8-7-11-36(35)37)33-20-14-30(15-21-33)34-23-24-40-29(3)25-34/h4-9,11-26H,2,10H2,1,3H3/b6-4-,9-5-,36-35+,39-37+. The number of aryl methyl sites for hydroxylation is 2. The van der Waals surface area contributed by atoms with Crippen molar-refractivity contribution in [3.05, 3.63) is 179 Å². The minimum atomic E-state index is 0.823. The molecule has 0 unspecified atom stereocenters. The molecule has 5 aromatic rings. The quantitative estimate of drug-likeness (QED) is 0.237.